The van der Waals surface area contributed by atoms with Crippen molar-refractivity contribution in [1.29, 1.82) is 0 Å². The first-order chi connectivity index (χ1) is 16.2. The Bertz CT molecular complexity index is 1500. The molecule has 1 heterocycles. The Hall–Kier alpha value is -3.05. The Balaban J connectivity index is 1.73. The van der Waals surface area contributed by atoms with Crippen LogP contribution in [0.5, 0.6) is 0 Å². The molecular weight excluding hydrogens is 509 g/mol. The third-order valence-electron chi connectivity index (χ3n) is 4.78. The number of aromatic nitrogens is 2. The minimum absolute atomic E-state index is 0.0947. The van der Waals surface area contributed by atoms with Crippen LogP contribution in [-0.4, -0.2) is 36.6 Å². The molecule has 1 aromatic heterocycles. The molecule has 0 amide bonds. The summed E-state index contributed by atoms with van der Waals surface area (Å²) in [6.07, 6.45) is 1.47. The molecule has 34 heavy (non-hydrogen) atoms. The molecule has 0 fully saturated rings. The van der Waals surface area contributed by atoms with Crippen LogP contribution in [0, 0.1) is 11.6 Å². The van der Waals surface area contributed by atoms with Gasteiger partial charge >= 0.3 is 0 Å². The van der Waals surface area contributed by atoms with Gasteiger partial charge in [0, 0.05) is 23.2 Å². The molecule has 0 spiro atoms. The molecule has 4 aromatic rings. The molecule has 0 unspecified atom stereocenters. The predicted octanol–water partition coefficient (Wildman–Crippen LogP) is 5.09. The van der Waals surface area contributed by atoms with E-state index in [0.717, 1.165) is 18.2 Å². The molecule has 0 bridgehead atoms. The second-order valence-corrected chi connectivity index (χ2v) is 9.58. The molecule has 7 nitrogen and oxygen atoms in total. The van der Waals surface area contributed by atoms with Gasteiger partial charge in [-0.15, -0.1) is 0 Å². The lowest BCUT2D eigenvalue weighted by atomic mass is 10.0. The van der Waals surface area contributed by atoms with E-state index < -0.39 is 32.9 Å². The molecule has 4 rings (SSSR count). The molecule has 0 atom stereocenters. The number of halogens is 4. The molecule has 0 aliphatic carbocycles. The van der Waals surface area contributed by atoms with Crippen molar-refractivity contribution in [1.82, 2.24) is 9.97 Å². The summed E-state index contributed by atoms with van der Waals surface area (Å²) in [6.45, 7) is 0.172. The Morgan fingerprint density at radius 3 is 2.59 bits per heavy atom. The molecule has 0 saturated heterocycles. The number of hydrogen-bond donors (Lipinski definition) is 3. The minimum Gasteiger partial charge on any atom is -0.395 e. The summed E-state index contributed by atoms with van der Waals surface area (Å²) in [5, 5.41) is 12.2. The lowest BCUT2D eigenvalue weighted by Crippen LogP contribution is -2.15. The second-order valence-electron chi connectivity index (χ2n) is 7.08. The van der Waals surface area contributed by atoms with Crippen LogP contribution in [-0.2, 0) is 10.0 Å². The maximum absolute atomic E-state index is 15.4. The third kappa shape index (κ3) is 4.90. The normalized spacial score (nSPS) is 11.6. The highest BCUT2D eigenvalue weighted by atomic mass is 35.5. The number of rotatable bonds is 7. The van der Waals surface area contributed by atoms with Gasteiger partial charge in [-0.2, -0.15) is 0 Å². The highest BCUT2D eigenvalue weighted by Crippen LogP contribution is 2.34. The van der Waals surface area contributed by atoms with Crippen LogP contribution in [0.15, 0.2) is 59.6 Å². The molecule has 176 valence electrons. The van der Waals surface area contributed by atoms with Crippen molar-refractivity contribution in [3.63, 3.8) is 0 Å². The molecule has 12 heteroatoms. The largest absolute Gasteiger partial charge is 0.395 e. The van der Waals surface area contributed by atoms with E-state index in [1.165, 1.54) is 30.5 Å². The Labute approximate surface area is 203 Å². The fourth-order valence-corrected chi connectivity index (χ4v) is 5.04. The molecule has 3 N–H and O–H groups in total. The van der Waals surface area contributed by atoms with Gasteiger partial charge in [0.2, 0.25) is 5.95 Å². The first-order valence-corrected chi connectivity index (χ1v) is 12.0. The van der Waals surface area contributed by atoms with Crippen molar-refractivity contribution in [3.05, 3.63) is 76.4 Å². The number of nitrogens with one attached hydrogen (secondary N) is 2. The highest BCUT2D eigenvalue weighted by molar-refractivity contribution is 7.92. The molecule has 0 aliphatic heterocycles. The maximum atomic E-state index is 15.4. The maximum Gasteiger partial charge on any atom is 0.263 e. The van der Waals surface area contributed by atoms with Crippen molar-refractivity contribution in [3.8, 4) is 11.1 Å². The van der Waals surface area contributed by atoms with Gasteiger partial charge in [0.05, 0.1) is 28.4 Å². The average Bonchev–Trinajstić information content (AvgIpc) is 2.81. The summed E-state index contributed by atoms with van der Waals surface area (Å²) in [5.74, 6) is -1.70. The number of hydrogen-bond acceptors (Lipinski definition) is 6. The number of nitrogens with zero attached hydrogens (tertiary/aromatic N) is 2. The van der Waals surface area contributed by atoms with Gasteiger partial charge < -0.3 is 10.4 Å². The van der Waals surface area contributed by atoms with E-state index >= 15 is 4.39 Å². The monoisotopic (exact) mass is 524 g/mol. The van der Waals surface area contributed by atoms with Crippen LogP contribution in [0.1, 0.15) is 0 Å². The fraction of sp³-hybridized carbons (Fsp3) is 0.0909. The van der Waals surface area contributed by atoms with Crippen molar-refractivity contribution in [2.45, 2.75) is 4.90 Å². The summed E-state index contributed by atoms with van der Waals surface area (Å²) in [5.41, 5.74) is -0.231. The van der Waals surface area contributed by atoms with Gasteiger partial charge in [-0.25, -0.2) is 27.2 Å². The zero-order valence-electron chi connectivity index (χ0n) is 17.2. The number of anilines is 2. The fourth-order valence-electron chi connectivity index (χ4n) is 3.22. The zero-order chi connectivity index (χ0) is 24.5. The lowest BCUT2D eigenvalue weighted by molar-refractivity contribution is 0.311. The molecule has 0 aliphatic rings. The van der Waals surface area contributed by atoms with Gasteiger partial charge in [0.15, 0.2) is 5.82 Å². The third-order valence-corrected chi connectivity index (χ3v) is 6.86. The lowest BCUT2D eigenvalue weighted by Gasteiger charge is -2.14. The number of aliphatic hydroxyl groups excluding tert-OH is 1. The van der Waals surface area contributed by atoms with E-state index in [9.17, 15) is 12.8 Å². The quantitative estimate of drug-likeness (QED) is 0.311. The van der Waals surface area contributed by atoms with E-state index in [2.05, 4.69) is 20.0 Å². The standard InChI is InChI=1S/C22H16Cl2F2N4O3S/c23-14-2-3-15(24)19(10-14)34(32,33)30-18-6-4-16(25)20(21(18)26)12-1-5-17-13(9-12)11-28-22(29-17)27-7-8-31/h1-6,9-11,30-31H,7-8H2,(H,27,28,29). The van der Waals surface area contributed by atoms with Crippen LogP contribution >= 0.6 is 23.2 Å². The van der Waals surface area contributed by atoms with Crippen LogP contribution in [0.2, 0.25) is 10.0 Å². The van der Waals surface area contributed by atoms with Crippen molar-refractivity contribution >= 4 is 55.8 Å². The van der Waals surface area contributed by atoms with Crippen LogP contribution in [0.3, 0.4) is 0 Å². The van der Waals surface area contributed by atoms with E-state index in [-0.39, 0.29) is 33.7 Å². The van der Waals surface area contributed by atoms with Crippen molar-refractivity contribution in [2.75, 3.05) is 23.2 Å². The van der Waals surface area contributed by atoms with E-state index in [1.54, 1.807) is 6.07 Å². The SMILES string of the molecule is O=S(=O)(Nc1ccc(F)c(-c2ccc3nc(NCCO)ncc3c2)c1F)c1cc(Cl)ccc1Cl. The van der Waals surface area contributed by atoms with Gasteiger partial charge in [-0.05, 0) is 48.0 Å². The smallest absolute Gasteiger partial charge is 0.263 e. The minimum atomic E-state index is -4.32. The summed E-state index contributed by atoms with van der Waals surface area (Å²) in [4.78, 5) is 8.03. The van der Waals surface area contributed by atoms with Crippen LogP contribution in [0.25, 0.3) is 22.0 Å². The van der Waals surface area contributed by atoms with Gasteiger partial charge in [-0.1, -0.05) is 29.3 Å². The number of sulfonamides is 1. The highest BCUT2D eigenvalue weighted by Gasteiger charge is 2.23. The second kappa shape index (κ2) is 9.67. The van der Waals surface area contributed by atoms with E-state index in [1.807, 2.05) is 0 Å². The van der Waals surface area contributed by atoms with Crippen LogP contribution < -0.4 is 10.0 Å². The summed E-state index contributed by atoms with van der Waals surface area (Å²) in [7, 11) is -4.32. The Morgan fingerprint density at radius 1 is 1.03 bits per heavy atom. The Kier molecular flexibility index (Phi) is 6.85. The number of fused-ring (bicyclic) bond motifs is 1. The van der Waals surface area contributed by atoms with Crippen molar-refractivity contribution in [2.24, 2.45) is 0 Å². The first kappa shape index (κ1) is 24.1. The van der Waals surface area contributed by atoms with Crippen LogP contribution in [0.4, 0.5) is 20.4 Å². The summed E-state index contributed by atoms with van der Waals surface area (Å²) in [6, 6.07) is 10.3. The van der Waals surface area contributed by atoms with Crippen molar-refractivity contribution < 1.29 is 22.3 Å². The average molecular weight is 525 g/mol. The summed E-state index contributed by atoms with van der Waals surface area (Å²) >= 11 is 11.8. The molecule has 3 aromatic carbocycles. The Morgan fingerprint density at radius 2 is 1.82 bits per heavy atom. The number of benzene rings is 3. The van der Waals surface area contributed by atoms with Gasteiger partial charge in [0.25, 0.3) is 10.0 Å². The zero-order valence-corrected chi connectivity index (χ0v) is 19.5. The molecule has 0 saturated carbocycles. The molecular formula is C22H16Cl2F2N4O3S. The molecule has 0 radical (unpaired) electrons. The summed E-state index contributed by atoms with van der Waals surface area (Å²) < 4.78 is 57.7. The number of aliphatic hydroxyl groups is 1. The first-order valence-electron chi connectivity index (χ1n) is 9.77. The predicted molar refractivity (Wildman–Crippen MR) is 128 cm³/mol. The van der Waals surface area contributed by atoms with Gasteiger partial charge in [0.1, 0.15) is 10.7 Å². The van der Waals surface area contributed by atoms with E-state index in [0.29, 0.717) is 16.9 Å². The van der Waals surface area contributed by atoms with Gasteiger partial charge in [-0.3, -0.25) is 4.72 Å². The van der Waals surface area contributed by atoms with E-state index in [4.69, 9.17) is 28.3 Å². The topological polar surface area (TPSA) is 104 Å².